The van der Waals surface area contributed by atoms with Gasteiger partial charge in [0.05, 0.1) is 3.39 Å². The van der Waals surface area contributed by atoms with E-state index in [0.717, 1.165) is 3.39 Å². The van der Waals surface area contributed by atoms with Crippen molar-refractivity contribution in [2.24, 2.45) is 0 Å². The Morgan fingerprint density at radius 3 is 2.40 bits per heavy atom. The number of nitrogens with zero attached hydrogens (tertiary/aromatic N) is 1. The smallest absolute Gasteiger partial charge is 0.226 e. The summed E-state index contributed by atoms with van der Waals surface area (Å²) in [5.74, 6) is 0.0939. The quantitative estimate of drug-likeness (QED) is 0.755. The Hall–Kier alpha value is 0.170. The molecule has 0 heterocycles. The molecule has 0 fully saturated rings. The number of hydrogen-bond donors (Lipinski definition) is 0. The van der Waals surface area contributed by atoms with Gasteiger partial charge in [0, 0.05) is 19.7 Å². The summed E-state index contributed by atoms with van der Waals surface area (Å²) < 4.78 is 0.768. The maximum Gasteiger partial charge on any atom is 0.226 e. The fourth-order valence-corrected chi connectivity index (χ4v) is 1.08. The second-order valence-electron chi connectivity index (χ2n) is 1.78. The highest BCUT2D eigenvalue weighted by Crippen LogP contribution is 2.13. The van der Waals surface area contributed by atoms with Crippen molar-refractivity contribution in [3.05, 3.63) is 9.59 Å². The minimum atomic E-state index is 0.0939. The summed E-state index contributed by atoms with van der Waals surface area (Å²) in [4.78, 5) is 12.4. The van der Waals surface area contributed by atoms with Crippen LogP contribution in [0.5, 0.6) is 0 Å². The van der Waals surface area contributed by atoms with Gasteiger partial charge in [0.25, 0.3) is 0 Å². The molecular formula is C6H9Br2NO. The van der Waals surface area contributed by atoms with Crippen molar-refractivity contribution in [2.75, 3.05) is 7.05 Å². The van der Waals surface area contributed by atoms with E-state index in [0.29, 0.717) is 6.42 Å². The first kappa shape index (κ1) is 10.2. The lowest BCUT2D eigenvalue weighted by Crippen LogP contribution is -2.19. The highest BCUT2D eigenvalue weighted by Gasteiger charge is 2.01. The third-order valence-corrected chi connectivity index (χ3v) is 1.40. The largest absolute Gasteiger partial charge is 0.320 e. The highest BCUT2D eigenvalue weighted by molar-refractivity contribution is 9.28. The number of hydrogen-bond acceptors (Lipinski definition) is 1. The molecule has 0 aromatic rings. The van der Waals surface area contributed by atoms with Gasteiger partial charge in [0.2, 0.25) is 5.91 Å². The van der Waals surface area contributed by atoms with Crippen LogP contribution in [0.25, 0.3) is 0 Å². The highest BCUT2D eigenvalue weighted by atomic mass is 79.9. The standard InChI is InChI=1S/C6H9Br2NO/c1-3-6(10)9(2)4-5(7)8/h4H,3H2,1-2H3. The molecule has 0 rings (SSSR count). The number of carbonyl (C=O) groups is 1. The molecule has 0 aliphatic heterocycles. The van der Waals surface area contributed by atoms with E-state index in [1.807, 2.05) is 6.92 Å². The van der Waals surface area contributed by atoms with Gasteiger partial charge in [-0.25, -0.2) is 0 Å². The minimum absolute atomic E-state index is 0.0939. The van der Waals surface area contributed by atoms with Crippen LogP contribution in [-0.2, 0) is 4.79 Å². The Bertz CT molecular complexity index is 152. The van der Waals surface area contributed by atoms with Gasteiger partial charge in [-0.15, -0.1) is 0 Å². The van der Waals surface area contributed by atoms with Crippen molar-refractivity contribution >= 4 is 37.8 Å². The first-order chi connectivity index (χ1) is 4.57. The Morgan fingerprint density at radius 2 is 2.10 bits per heavy atom. The molecular weight excluding hydrogens is 262 g/mol. The molecule has 0 aliphatic carbocycles. The molecule has 2 nitrogen and oxygen atoms in total. The molecule has 1 amide bonds. The molecule has 0 aromatic heterocycles. The summed E-state index contributed by atoms with van der Waals surface area (Å²) >= 11 is 6.31. The van der Waals surface area contributed by atoms with E-state index in [1.165, 1.54) is 4.90 Å². The molecule has 0 saturated heterocycles. The molecule has 0 spiro atoms. The fourth-order valence-electron chi connectivity index (χ4n) is 0.468. The average Bonchev–Trinajstić information content (AvgIpc) is 1.85. The lowest BCUT2D eigenvalue weighted by Gasteiger charge is -2.09. The second-order valence-corrected chi connectivity index (χ2v) is 4.55. The van der Waals surface area contributed by atoms with Crippen molar-refractivity contribution in [3.8, 4) is 0 Å². The van der Waals surface area contributed by atoms with E-state index < -0.39 is 0 Å². The molecule has 0 unspecified atom stereocenters. The molecule has 58 valence electrons. The minimum Gasteiger partial charge on any atom is -0.320 e. The predicted molar refractivity (Wildman–Crippen MR) is 49.0 cm³/mol. The monoisotopic (exact) mass is 269 g/mol. The summed E-state index contributed by atoms with van der Waals surface area (Å²) in [5, 5.41) is 0. The maximum atomic E-state index is 10.9. The van der Waals surface area contributed by atoms with Crippen LogP contribution < -0.4 is 0 Å². The maximum absolute atomic E-state index is 10.9. The van der Waals surface area contributed by atoms with E-state index in [-0.39, 0.29) is 5.91 Å². The van der Waals surface area contributed by atoms with Crippen LogP contribution in [0.1, 0.15) is 13.3 Å². The van der Waals surface area contributed by atoms with Gasteiger partial charge in [-0.2, -0.15) is 0 Å². The predicted octanol–water partition coefficient (Wildman–Crippen LogP) is 2.44. The fraction of sp³-hybridized carbons (Fsp3) is 0.500. The topological polar surface area (TPSA) is 20.3 Å². The van der Waals surface area contributed by atoms with E-state index in [2.05, 4.69) is 31.9 Å². The normalized spacial score (nSPS) is 8.80. The van der Waals surface area contributed by atoms with Crippen molar-refractivity contribution in [1.29, 1.82) is 0 Å². The lowest BCUT2D eigenvalue weighted by atomic mass is 10.4. The van der Waals surface area contributed by atoms with Gasteiger partial charge in [-0.3, -0.25) is 4.79 Å². The van der Waals surface area contributed by atoms with Gasteiger partial charge >= 0.3 is 0 Å². The van der Waals surface area contributed by atoms with Crippen LogP contribution in [0.2, 0.25) is 0 Å². The van der Waals surface area contributed by atoms with Gasteiger partial charge in [-0.05, 0) is 31.9 Å². The van der Waals surface area contributed by atoms with Crippen molar-refractivity contribution < 1.29 is 4.79 Å². The molecule has 0 aromatic carbocycles. The Labute approximate surface area is 77.5 Å². The van der Waals surface area contributed by atoms with Crippen LogP contribution in [0, 0.1) is 0 Å². The molecule has 0 N–H and O–H groups in total. The Morgan fingerprint density at radius 1 is 1.60 bits per heavy atom. The summed E-state index contributed by atoms with van der Waals surface area (Å²) in [6.45, 7) is 1.83. The zero-order chi connectivity index (χ0) is 8.15. The van der Waals surface area contributed by atoms with Crippen molar-refractivity contribution in [2.45, 2.75) is 13.3 Å². The van der Waals surface area contributed by atoms with E-state index in [9.17, 15) is 4.79 Å². The first-order valence-corrected chi connectivity index (χ1v) is 4.45. The van der Waals surface area contributed by atoms with E-state index in [4.69, 9.17) is 0 Å². The summed E-state index contributed by atoms with van der Waals surface area (Å²) in [6, 6.07) is 0. The summed E-state index contributed by atoms with van der Waals surface area (Å²) in [7, 11) is 1.72. The number of rotatable bonds is 2. The van der Waals surface area contributed by atoms with Crippen molar-refractivity contribution in [3.63, 3.8) is 0 Å². The Kier molecular flexibility index (Phi) is 4.99. The molecule has 0 atom stereocenters. The lowest BCUT2D eigenvalue weighted by molar-refractivity contribution is -0.127. The number of amides is 1. The third-order valence-electron chi connectivity index (χ3n) is 0.987. The number of carbonyl (C=O) groups excluding carboxylic acids is 1. The Balaban J connectivity index is 3.96. The number of halogens is 2. The van der Waals surface area contributed by atoms with Crippen LogP contribution in [0.3, 0.4) is 0 Å². The zero-order valence-electron chi connectivity index (χ0n) is 5.90. The second kappa shape index (κ2) is 4.91. The van der Waals surface area contributed by atoms with E-state index >= 15 is 0 Å². The summed E-state index contributed by atoms with van der Waals surface area (Å²) in [6.07, 6.45) is 2.20. The van der Waals surface area contributed by atoms with Crippen molar-refractivity contribution in [1.82, 2.24) is 4.90 Å². The SMILES string of the molecule is CCC(=O)N(C)C=C(Br)Br. The van der Waals surface area contributed by atoms with Crippen LogP contribution in [0.15, 0.2) is 9.59 Å². The zero-order valence-corrected chi connectivity index (χ0v) is 9.07. The molecule has 10 heavy (non-hydrogen) atoms. The van der Waals surface area contributed by atoms with Gasteiger partial charge in [0.15, 0.2) is 0 Å². The molecule has 4 heteroatoms. The first-order valence-electron chi connectivity index (χ1n) is 2.86. The van der Waals surface area contributed by atoms with Crippen LogP contribution in [-0.4, -0.2) is 17.9 Å². The molecule has 0 bridgehead atoms. The van der Waals surface area contributed by atoms with Gasteiger partial charge in [-0.1, -0.05) is 6.92 Å². The van der Waals surface area contributed by atoms with Crippen LogP contribution in [0.4, 0.5) is 0 Å². The van der Waals surface area contributed by atoms with Gasteiger partial charge in [0.1, 0.15) is 0 Å². The van der Waals surface area contributed by atoms with E-state index in [1.54, 1.807) is 13.2 Å². The van der Waals surface area contributed by atoms with Gasteiger partial charge < -0.3 is 4.90 Å². The molecule has 0 radical (unpaired) electrons. The summed E-state index contributed by atoms with van der Waals surface area (Å²) in [5.41, 5.74) is 0. The average molecular weight is 271 g/mol. The van der Waals surface area contributed by atoms with Crippen LogP contribution >= 0.6 is 31.9 Å². The molecule has 0 saturated carbocycles. The molecule has 0 aliphatic rings. The third kappa shape index (κ3) is 4.06.